The van der Waals surface area contributed by atoms with Crippen LogP contribution in [-0.4, -0.2) is 35.6 Å². The molecule has 1 aromatic carbocycles. The molecule has 1 aliphatic heterocycles. The summed E-state index contributed by atoms with van der Waals surface area (Å²) in [6.07, 6.45) is -1.28. The summed E-state index contributed by atoms with van der Waals surface area (Å²) in [7, 11) is 0. The second kappa shape index (κ2) is 7.11. The molecule has 2 unspecified atom stereocenters. The molecule has 2 fully saturated rings. The van der Waals surface area contributed by atoms with Gasteiger partial charge in [0.2, 0.25) is 5.91 Å². The van der Waals surface area contributed by atoms with Crippen LogP contribution in [-0.2, 0) is 11.3 Å². The molecule has 1 aliphatic carbocycles. The van der Waals surface area contributed by atoms with Gasteiger partial charge in [0.05, 0.1) is 0 Å². The number of amides is 1. The smallest absolute Gasteiger partial charge is 0.337 e. The lowest BCUT2D eigenvalue weighted by molar-refractivity contribution is -0.153. The van der Waals surface area contributed by atoms with Gasteiger partial charge in [0.1, 0.15) is 12.1 Å². The van der Waals surface area contributed by atoms with Crippen molar-refractivity contribution in [1.82, 2.24) is 15.8 Å². The lowest BCUT2D eigenvalue weighted by atomic mass is 9.85. The average molecular weight is 341 g/mol. The van der Waals surface area contributed by atoms with E-state index in [9.17, 15) is 18.0 Å². The molecule has 4 nitrogen and oxygen atoms in total. The molecule has 1 saturated heterocycles. The first-order chi connectivity index (χ1) is 11.4. The van der Waals surface area contributed by atoms with Crippen LogP contribution in [0, 0.1) is 5.92 Å². The molecular weight excluding hydrogens is 319 g/mol. The molecule has 1 amide bonds. The molecule has 0 aromatic heterocycles. The number of carbonyl (C=O) groups is 1. The fourth-order valence-corrected chi connectivity index (χ4v) is 3.18. The Morgan fingerprint density at radius 2 is 1.88 bits per heavy atom. The molecule has 132 valence electrons. The molecule has 2 N–H and O–H groups in total. The summed E-state index contributed by atoms with van der Waals surface area (Å²) in [6.45, 7) is 1.05. The third-order valence-corrected chi connectivity index (χ3v) is 4.83. The Balaban J connectivity index is 1.66. The van der Waals surface area contributed by atoms with Crippen LogP contribution in [0.4, 0.5) is 13.2 Å². The Morgan fingerprint density at radius 1 is 1.17 bits per heavy atom. The van der Waals surface area contributed by atoms with Gasteiger partial charge in [-0.15, -0.1) is 0 Å². The first-order valence-electron chi connectivity index (χ1n) is 8.34. The number of hydrogen-bond acceptors (Lipinski definition) is 3. The second-order valence-corrected chi connectivity index (χ2v) is 6.67. The summed E-state index contributed by atoms with van der Waals surface area (Å²) in [5, 5.41) is 0. The number of nitrogens with one attached hydrogen (secondary N) is 2. The predicted octanol–water partition coefficient (Wildman–Crippen LogP) is 2.61. The molecule has 2 atom stereocenters. The van der Waals surface area contributed by atoms with Crippen molar-refractivity contribution in [2.24, 2.45) is 5.92 Å². The van der Waals surface area contributed by atoms with Crippen molar-refractivity contribution in [2.75, 3.05) is 6.54 Å². The van der Waals surface area contributed by atoms with Gasteiger partial charge in [-0.1, -0.05) is 36.8 Å². The fraction of sp³-hybridized carbons (Fsp3) is 0.588. The third kappa shape index (κ3) is 4.08. The average Bonchev–Trinajstić information content (AvgIpc) is 3.00. The summed E-state index contributed by atoms with van der Waals surface area (Å²) < 4.78 is 38.4. The molecule has 1 aromatic rings. The lowest BCUT2D eigenvalue weighted by Gasteiger charge is -2.33. The number of nitrogens with zero attached hydrogens (tertiary/aromatic N) is 1. The highest BCUT2D eigenvalue weighted by molar-refractivity contribution is 5.82. The van der Waals surface area contributed by atoms with Crippen LogP contribution < -0.4 is 10.9 Å². The second-order valence-electron chi connectivity index (χ2n) is 6.67. The summed E-state index contributed by atoms with van der Waals surface area (Å²) >= 11 is 0. The van der Waals surface area contributed by atoms with Gasteiger partial charge in [0.15, 0.2) is 0 Å². The Hall–Kier alpha value is -1.60. The van der Waals surface area contributed by atoms with Crippen LogP contribution in [0.3, 0.4) is 0 Å². The molecule has 2 aliphatic rings. The van der Waals surface area contributed by atoms with Crippen LogP contribution in [0.15, 0.2) is 30.3 Å². The van der Waals surface area contributed by atoms with Gasteiger partial charge in [-0.3, -0.25) is 4.79 Å². The zero-order valence-corrected chi connectivity index (χ0v) is 13.4. The van der Waals surface area contributed by atoms with E-state index in [1.807, 2.05) is 30.3 Å². The van der Waals surface area contributed by atoms with Gasteiger partial charge in [0.25, 0.3) is 0 Å². The molecule has 0 bridgehead atoms. The SMILES string of the molecule is O=C(C1CC(C(F)(F)F)NN1)N(Cc1ccccc1)CC1CCC1. The number of hydrogen-bond donors (Lipinski definition) is 2. The van der Waals surface area contributed by atoms with E-state index in [1.54, 1.807) is 4.90 Å². The van der Waals surface area contributed by atoms with Crippen LogP contribution in [0.1, 0.15) is 31.2 Å². The molecule has 0 spiro atoms. The molecule has 0 radical (unpaired) electrons. The number of halogens is 3. The molecule has 3 rings (SSSR count). The van der Waals surface area contributed by atoms with Crippen molar-refractivity contribution in [3.05, 3.63) is 35.9 Å². The summed E-state index contributed by atoms with van der Waals surface area (Å²) in [6, 6.07) is 7.05. The van der Waals surface area contributed by atoms with Crippen molar-refractivity contribution >= 4 is 5.91 Å². The minimum atomic E-state index is -4.35. The quantitative estimate of drug-likeness (QED) is 0.865. The van der Waals surface area contributed by atoms with E-state index in [0.29, 0.717) is 19.0 Å². The zero-order chi connectivity index (χ0) is 17.2. The topological polar surface area (TPSA) is 44.4 Å². The molecule has 1 saturated carbocycles. The van der Waals surface area contributed by atoms with Gasteiger partial charge >= 0.3 is 6.18 Å². The van der Waals surface area contributed by atoms with Crippen molar-refractivity contribution in [3.63, 3.8) is 0 Å². The van der Waals surface area contributed by atoms with Crippen LogP contribution >= 0.6 is 0 Å². The Labute approximate surface area is 139 Å². The van der Waals surface area contributed by atoms with E-state index >= 15 is 0 Å². The van der Waals surface area contributed by atoms with Crippen LogP contribution in [0.25, 0.3) is 0 Å². The van der Waals surface area contributed by atoms with Gasteiger partial charge in [0, 0.05) is 13.1 Å². The van der Waals surface area contributed by atoms with Gasteiger partial charge < -0.3 is 4.90 Å². The highest BCUT2D eigenvalue weighted by Gasteiger charge is 2.46. The summed E-state index contributed by atoms with van der Waals surface area (Å²) in [5.74, 6) is 0.204. The van der Waals surface area contributed by atoms with E-state index in [0.717, 1.165) is 24.8 Å². The molecule has 7 heteroatoms. The van der Waals surface area contributed by atoms with Crippen molar-refractivity contribution < 1.29 is 18.0 Å². The van der Waals surface area contributed by atoms with Gasteiger partial charge in [-0.2, -0.15) is 13.2 Å². The van der Waals surface area contributed by atoms with Crippen molar-refractivity contribution in [3.8, 4) is 0 Å². The molecule has 24 heavy (non-hydrogen) atoms. The van der Waals surface area contributed by atoms with E-state index in [2.05, 4.69) is 10.9 Å². The summed E-state index contributed by atoms with van der Waals surface area (Å²) in [4.78, 5) is 14.5. The minimum absolute atomic E-state index is 0.259. The van der Waals surface area contributed by atoms with Gasteiger partial charge in [-0.05, 0) is 30.7 Å². The van der Waals surface area contributed by atoms with E-state index in [4.69, 9.17) is 0 Å². The molecule has 1 heterocycles. The van der Waals surface area contributed by atoms with E-state index in [1.165, 1.54) is 0 Å². The predicted molar refractivity (Wildman–Crippen MR) is 83.7 cm³/mol. The highest BCUT2D eigenvalue weighted by atomic mass is 19.4. The Bertz CT molecular complexity index is 560. The molecular formula is C17H22F3N3O. The van der Waals surface area contributed by atoms with Gasteiger partial charge in [-0.25, -0.2) is 10.9 Å². The fourth-order valence-electron chi connectivity index (χ4n) is 3.18. The van der Waals surface area contributed by atoms with Crippen molar-refractivity contribution in [2.45, 2.75) is 50.5 Å². The number of benzene rings is 1. The maximum Gasteiger partial charge on any atom is 0.405 e. The maximum atomic E-state index is 12.8. The number of hydrazine groups is 1. The van der Waals surface area contributed by atoms with Crippen LogP contribution in [0.5, 0.6) is 0 Å². The monoisotopic (exact) mass is 341 g/mol. The third-order valence-electron chi connectivity index (χ3n) is 4.83. The minimum Gasteiger partial charge on any atom is -0.337 e. The standard InChI is InChI=1S/C17H22F3N3O/c18-17(19,20)15-9-14(21-22-15)16(24)23(11-13-7-4-8-13)10-12-5-2-1-3-6-12/h1-3,5-6,13-15,21-22H,4,7-11H2. The van der Waals surface area contributed by atoms with E-state index in [-0.39, 0.29) is 12.3 Å². The number of alkyl halides is 3. The summed E-state index contributed by atoms with van der Waals surface area (Å²) in [5.41, 5.74) is 5.72. The maximum absolute atomic E-state index is 12.8. The Morgan fingerprint density at radius 3 is 2.42 bits per heavy atom. The number of rotatable bonds is 5. The van der Waals surface area contributed by atoms with Crippen molar-refractivity contribution in [1.29, 1.82) is 0 Å². The first kappa shape index (κ1) is 17.2. The largest absolute Gasteiger partial charge is 0.405 e. The Kier molecular flexibility index (Phi) is 5.10. The number of carbonyl (C=O) groups excluding carboxylic acids is 1. The first-order valence-corrected chi connectivity index (χ1v) is 8.34. The zero-order valence-electron chi connectivity index (χ0n) is 13.4. The van der Waals surface area contributed by atoms with Crippen LogP contribution in [0.2, 0.25) is 0 Å². The lowest BCUT2D eigenvalue weighted by Crippen LogP contribution is -2.47. The normalized spacial score (nSPS) is 24.6. The van der Waals surface area contributed by atoms with E-state index < -0.39 is 18.3 Å². The highest BCUT2D eigenvalue weighted by Crippen LogP contribution is 2.29.